The summed E-state index contributed by atoms with van der Waals surface area (Å²) in [5.74, 6) is 0. The lowest BCUT2D eigenvalue weighted by atomic mass is 10.0. The fourth-order valence-electron chi connectivity index (χ4n) is 10.2. The maximum absolute atomic E-state index is 10.4. The van der Waals surface area contributed by atoms with Crippen LogP contribution in [-0.2, 0) is 0 Å². The first-order valence-corrected chi connectivity index (χ1v) is 20.6. The minimum absolute atomic E-state index is 0.436. The van der Waals surface area contributed by atoms with Gasteiger partial charge in [0.05, 0.1) is 47.2 Å². The van der Waals surface area contributed by atoms with Crippen LogP contribution < -0.4 is 9.80 Å². The minimum atomic E-state index is 0.436. The Hall–Kier alpha value is -7.82. The fraction of sp³-hybridized carbons (Fsp3) is 0.0357. The molecule has 0 bridgehead atoms. The average Bonchev–Trinajstić information content (AvgIpc) is 4.05. The van der Waals surface area contributed by atoms with Crippen molar-refractivity contribution in [3.05, 3.63) is 205 Å². The molecule has 0 aliphatic heterocycles. The summed E-state index contributed by atoms with van der Waals surface area (Å²) in [6.07, 6.45) is 0. The van der Waals surface area contributed by atoms with E-state index in [2.05, 4.69) is 214 Å². The second kappa shape index (κ2) is 12.3. The van der Waals surface area contributed by atoms with Crippen LogP contribution in [0, 0.1) is 13.8 Å². The molecule has 4 heteroatoms. The SMILES string of the molecule is [2H]c1c2c3ccc(N(c4ccccc4)c4ccccc4C)c4c5ccccc5n(c2c([2H])c2c5ccc(N(c6ccccc6)c6ccccc6C)c6c7ccccc7n(c12)c56)c34. The number of anilines is 6. The Balaban J connectivity index is 1.18. The summed E-state index contributed by atoms with van der Waals surface area (Å²) in [5.41, 5.74) is 14.5. The van der Waals surface area contributed by atoms with E-state index < -0.39 is 0 Å². The van der Waals surface area contributed by atoms with Crippen LogP contribution >= 0.6 is 0 Å². The van der Waals surface area contributed by atoms with Gasteiger partial charge >= 0.3 is 0 Å². The van der Waals surface area contributed by atoms with E-state index in [0.29, 0.717) is 12.1 Å². The van der Waals surface area contributed by atoms with Crippen molar-refractivity contribution in [2.75, 3.05) is 9.80 Å². The number of hydrogen-bond donors (Lipinski definition) is 0. The molecular weight excluding hydrogens is 729 g/mol. The molecule has 13 rings (SSSR count). The number of para-hydroxylation sites is 6. The molecule has 0 N–H and O–H groups in total. The van der Waals surface area contributed by atoms with Gasteiger partial charge in [-0.05, 0) is 97.7 Å². The monoisotopic (exact) mass is 768 g/mol. The highest BCUT2D eigenvalue weighted by Crippen LogP contribution is 2.51. The van der Waals surface area contributed by atoms with Gasteiger partial charge in [-0.25, -0.2) is 0 Å². The minimum Gasteiger partial charge on any atom is -0.310 e. The van der Waals surface area contributed by atoms with Gasteiger partial charge in [-0.2, -0.15) is 0 Å². The number of hydrogen-bond acceptors (Lipinski definition) is 2. The molecule has 0 amide bonds. The van der Waals surface area contributed by atoms with Gasteiger partial charge in [-0.15, -0.1) is 0 Å². The van der Waals surface area contributed by atoms with Gasteiger partial charge < -0.3 is 18.6 Å². The lowest BCUT2D eigenvalue weighted by molar-refractivity contribution is 1.26. The summed E-state index contributed by atoms with van der Waals surface area (Å²) in [6.45, 7) is 4.33. The molecule has 0 spiro atoms. The highest BCUT2D eigenvalue weighted by Gasteiger charge is 2.28. The molecule has 9 aromatic carbocycles. The lowest BCUT2D eigenvalue weighted by Crippen LogP contribution is -2.11. The first-order valence-electron chi connectivity index (χ1n) is 21.6. The van der Waals surface area contributed by atoms with Crippen molar-refractivity contribution in [1.29, 1.82) is 0 Å². The molecule has 4 aromatic heterocycles. The van der Waals surface area contributed by atoms with Crippen LogP contribution in [-0.4, -0.2) is 8.80 Å². The molecule has 0 radical (unpaired) electrons. The first-order chi connectivity index (χ1) is 30.5. The number of nitrogens with zero attached hydrogens (tertiary/aromatic N) is 4. The van der Waals surface area contributed by atoms with Crippen molar-refractivity contribution < 1.29 is 2.74 Å². The van der Waals surface area contributed by atoms with Gasteiger partial charge in [0.2, 0.25) is 0 Å². The number of fused-ring (bicyclic) bond motifs is 12. The highest BCUT2D eigenvalue weighted by atomic mass is 15.2. The number of aromatic nitrogens is 2. The summed E-state index contributed by atoms with van der Waals surface area (Å²) in [5, 5.41) is 8.02. The van der Waals surface area contributed by atoms with Crippen molar-refractivity contribution in [2.45, 2.75) is 13.8 Å². The van der Waals surface area contributed by atoms with E-state index in [4.69, 9.17) is 0 Å². The molecule has 4 heterocycles. The topological polar surface area (TPSA) is 15.3 Å². The van der Waals surface area contributed by atoms with E-state index >= 15 is 0 Å². The van der Waals surface area contributed by atoms with E-state index in [1.54, 1.807) is 0 Å². The van der Waals surface area contributed by atoms with Crippen molar-refractivity contribution in [3.63, 3.8) is 0 Å². The van der Waals surface area contributed by atoms with Crippen LogP contribution in [0.1, 0.15) is 13.9 Å². The predicted molar refractivity (Wildman–Crippen MR) is 255 cm³/mol. The zero-order valence-corrected chi connectivity index (χ0v) is 33.1. The van der Waals surface area contributed by atoms with E-state index in [1.807, 2.05) is 0 Å². The quantitative estimate of drug-likeness (QED) is 0.167. The maximum atomic E-state index is 10.4. The van der Waals surface area contributed by atoms with Crippen LogP contribution in [0.25, 0.3) is 76.2 Å². The van der Waals surface area contributed by atoms with Crippen molar-refractivity contribution in [2.24, 2.45) is 0 Å². The summed E-state index contributed by atoms with van der Waals surface area (Å²) < 4.78 is 25.3. The Morgan fingerprint density at radius 3 is 1.15 bits per heavy atom. The van der Waals surface area contributed by atoms with Gasteiger partial charge in [0.25, 0.3) is 0 Å². The molecule has 4 nitrogen and oxygen atoms in total. The Morgan fingerprint density at radius 1 is 0.333 bits per heavy atom. The van der Waals surface area contributed by atoms with Gasteiger partial charge in [-0.3, -0.25) is 0 Å². The summed E-state index contributed by atoms with van der Waals surface area (Å²) in [6, 6.07) is 65.1. The average molecular weight is 769 g/mol. The van der Waals surface area contributed by atoms with Gasteiger partial charge in [0.1, 0.15) is 0 Å². The zero-order valence-electron chi connectivity index (χ0n) is 35.1. The van der Waals surface area contributed by atoms with Crippen LogP contribution in [0.3, 0.4) is 0 Å². The molecule has 0 unspecified atom stereocenters. The van der Waals surface area contributed by atoms with Crippen LogP contribution in [0.15, 0.2) is 194 Å². The molecule has 282 valence electrons. The predicted octanol–water partition coefficient (Wildman–Crippen LogP) is 15.5. The zero-order chi connectivity index (χ0) is 41.4. The molecule has 0 fully saturated rings. The lowest BCUT2D eigenvalue weighted by Gasteiger charge is -2.28. The summed E-state index contributed by atoms with van der Waals surface area (Å²) in [4.78, 5) is 4.73. The second-order valence-electron chi connectivity index (χ2n) is 16.0. The smallest absolute Gasteiger partial charge is 0.0653 e. The standard InChI is InChI=1S/C56H38N4/c1-35-17-9-13-25-45(35)57(37-19-5-3-6-20-37)49-31-29-39-43-33-52-44(34-51(43)59-47-27-15-11-23-41(47)53(49)55(39)59)40-30-32-50(54-42-24-12-16-28-48(42)60(52)56(40)54)58(38-21-7-4-8-22-38)46-26-14-10-18-36(46)2/h3-34H,1-2H3/i33D,34D. The Labute approximate surface area is 349 Å². The number of aryl methyl sites for hydroxylation is 2. The molecule has 0 aliphatic rings. The summed E-state index contributed by atoms with van der Waals surface area (Å²) >= 11 is 0. The molecule has 0 aliphatic carbocycles. The third kappa shape index (κ3) is 4.39. The van der Waals surface area contributed by atoms with Crippen molar-refractivity contribution >= 4 is 110 Å². The van der Waals surface area contributed by atoms with Gasteiger partial charge in [-0.1, -0.05) is 121 Å². The highest BCUT2D eigenvalue weighted by molar-refractivity contribution is 6.32. The molecule has 0 saturated carbocycles. The van der Waals surface area contributed by atoms with Crippen LogP contribution in [0.5, 0.6) is 0 Å². The van der Waals surface area contributed by atoms with E-state index in [0.717, 1.165) is 110 Å². The molecule has 60 heavy (non-hydrogen) atoms. The normalized spacial score (nSPS) is 12.6. The summed E-state index contributed by atoms with van der Waals surface area (Å²) in [7, 11) is 0. The second-order valence-corrected chi connectivity index (χ2v) is 16.0. The Kier molecular flexibility index (Phi) is 6.42. The van der Waals surface area contributed by atoms with Gasteiger partial charge in [0.15, 0.2) is 0 Å². The largest absolute Gasteiger partial charge is 0.310 e. The molecule has 0 atom stereocenters. The Bertz CT molecular complexity index is 3670. The molecular formula is C56H38N4. The third-order valence-electron chi connectivity index (χ3n) is 12.8. The van der Waals surface area contributed by atoms with Crippen LogP contribution in [0.2, 0.25) is 0 Å². The first kappa shape index (κ1) is 31.2. The Morgan fingerprint density at radius 2 is 0.717 bits per heavy atom. The molecule has 13 aromatic rings. The number of rotatable bonds is 6. The van der Waals surface area contributed by atoms with E-state index in [1.165, 1.54) is 11.1 Å². The van der Waals surface area contributed by atoms with Crippen molar-refractivity contribution in [3.8, 4) is 0 Å². The number of benzene rings is 9. The molecule has 0 saturated heterocycles. The van der Waals surface area contributed by atoms with E-state index in [-0.39, 0.29) is 0 Å². The maximum Gasteiger partial charge on any atom is 0.0653 e. The fourth-order valence-corrected chi connectivity index (χ4v) is 10.2. The third-order valence-corrected chi connectivity index (χ3v) is 12.8. The van der Waals surface area contributed by atoms with Crippen molar-refractivity contribution in [1.82, 2.24) is 8.80 Å². The van der Waals surface area contributed by atoms with Gasteiger partial charge in [0, 0.05) is 65.8 Å². The van der Waals surface area contributed by atoms with E-state index in [9.17, 15) is 2.74 Å². The van der Waals surface area contributed by atoms with Crippen LogP contribution in [0.4, 0.5) is 34.1 Å².